The van der Waals surface area contributed by atoms with Gasteiger partial charge in [-0.1, -0.05) is 34.1 Å². The summed E-state index contributed by atoms with van der Waals surface area (Å²) in [5, 5.41) is 0.930. The van der Waals surface area contributed by atoms with Crippen molar-refractivity contribution in [3.8, 4) is 0 Å². The van der Waals surface area contributed by atoms with Gasteiger partial charge in [0, 0.05) is 19.9 Å². The molecule has 0 fully saturated rings. The van der Waals surface area contributed by atoms with Crippen molar-refractivity contribution < 1.29 is 9.21 Å². The van der Waals surface area contributed by atoms with Crippen molar-refractivity contribution in [1.82, 2.24) is 0 Å². The van der Waals surface area contributed by atoms with E-state index < -0.39 is 0 Å². The Morgan fingerprint density at radius 2 is 1.79 bits per heavy atom. The van der Waals surface area contributed by atoms with Gasteiger partial charge in [0.2, 0.25) is 5.78 Å². The van der Waals surface area contributed by atoms with Crippen LogP contribution in [0, 0.1) is 0 Å². The number of furan rings is 1. The first-order chi connectivity index (χ1) is 9.15. The summed E-state index contributed by atoms with van der Waals surface area (Å²) in [5.74, 6) is 0.222. The Morgan fingerprint density at radius 1 is 1.00 bits per heavy atom. The third-order valence-corrected chi connectivity index (χ3v) is 3.97. The maximum Gasteiger partial charge on any atom is 0.229 e. The van der Waals surface area contributed by atoms with Crippen LogP contribution in [0.2, 0.25) is 0 Å². The summed E-state index contributed by atoms with van der Waals surface area (Å²) in [6.45, 7) is 0. The third kappa shape index (κ3) is 2.38. The molecule has 0 bridgehead atoms. The molecule has 19 heavy (non-hydrogen) atoms. The molecule has 2 nitrogen and oxygen atoms in total. The molecule has 94 valence electrons. The molecule has 2 aromatic carbocycles. The van der Waals surface area contributed by atoms with Crippen LogP contribution in [-0.4, -0.2) is 5.78 Å². The largest absolute Gasteiger partial charge is 0.453 e. The second-order valence-corrected chi connectivity index (χ2v) is 5.87. The highest BCUT2D eigenvalue weighted by Crippen LogP contribution is 2.26. The number of hydrogen-bond donors (Lipinski definition) is 0. The first kappa shape index (κ1) is 12.6. The number of carbonyl (C=O) groups is 1. The number of benzene rings is 2. The summed E-state index contributed by atoms with van der Waals surface area (Å²) in [4.78, 5) is 12.4. The van der Waals surface area contributed by atoms with Gasteiger partial charge in [-0.15, -0.1) is 0 Å². The van der Waals surface area contributed by atoms with Crippen LogP contribution in [0.4, 0.5) is 0 Å². The lowest BCUT2D eigenvalue weighted by Gasteiger charge is -2.01. The lowest BCUT2D eigenvalue weighted by atomic mass is 10.1. The zero-order valence-electron chi connectivity index (χ0n) is 9.69. The van der Waals surface area contributed by atoms with E-state index in [0.29, 0.717) is 11.3 Å². The number of rotatable bonds is 2. The van der Waals surface area contributed by atoms with Crippen molar-refractivity contribution in [2.45, 2.75) is 0 Å². The maximum atomic E-state index is 12.4. The van der Waals surface area contributed by atoms with Gasteiger partial charge in [0.05, 0.1) is 0 Å². The molecule has 0 N–H and O–H groups in total. The van der Waals surface area contributed by atoms with E-state index in [-0.39, 0.29) is 5.78 Å². The molecule has 3 aromatic rings. The first-order valence-electron chi connectivity index (χ1n) is 5.63. The molecule has 0 aliphatic heterocycles. The van der Waals surface area contributed by atoms with Gasteiger partial charge in [-0.2, -0.15) is 0 Å². The van der Waals surface area contributed by atoms with Crippen molar-refractivity contribution in [1.29, 1.82) is 0 Å². The minimum absolute atomic E-state index is 0.129. The van der Waals surface area contributed by atoms with E-state index in [1.807, 2.05) is 36.4 Å². The molecular weight excluding hydrogens is 372 g/mol. The number of hydrogen-bond acceptors (Lipinski definition) is 2. The van der Waals surface area contributed by atoms with E-state index >= 15 is 0 Å². The summed E-state index contributed by atoms with van der Waals surface area (Å²) < 4.78 is 7.25. The fourth-order valence-corrected chi connectivity index (χ4v) is 3.13. The standard InChI is InChI=1S/C15H8Br2O2/c16-10-5-6-11(12(17)8-10)15(18)14-7-9-3-1-2-4-13(9)19-14/h1-8H. The van der Waals surface area contributed by atoms with Crippen LogP contribution in [0.1, 0.15) is 16.1 Å². The number of carbonyl (C=O) groups excluding carboxylic acids is 1. The van der Waals surface area contributed by atoms with Gasteiger partial charge in [-0.25, -0.2) is 0 Å². The van der Waals surface area contributed by atoms with Crippen molar-refractivity contribution in [2.24, 2.45) is 0 Å². The van der Waals surface area contributed by atoms with Gasteiger partial charge >= 0.3 is 0 Å². The highest BCUT2D eigenvalue weighted by molar-refractivity contribution is 9.11. The molecule has 0 radical (unpaired) electrons. The van der Waals surface area contributed by atoms with Gasteiger partial charge < -0.3 is 4.42 Å². The SMILES string of the molecule is O=C(c1cc2ccccc2o1)c1ccc(Br)cc1Br. The molecule has 0 saturated heterocycles. The van der Waals surface area contributed by atoms with E-state index in [9.17, 15) is 4.79 Å². The fraction of sp³-hybridized carbons (Fsp3) is 0. The lowest BCUT2D eigenvalue weighted by molar-refractivity contribution is 0.101. The monoisotopic (exact) mass is 378 g/mol. The molecule has 4 heteroatoms. The minimum Gasteiger partial charge on any atom is -0.453 e. The van der Waals surface area contributed by atoms with Crippen LogP contribution in [0.3, 0.4) is 0 Å². The van der Waals surface area contributed by atoms with Gasteiger partial charge in [0.25, 0.3) is 0 Å². The van der Waals surface area contributed by atoms with Gasteiger partial charge in [0.15, 0.2) is 5.76 Å². The average molecular weight is 380 g/mol. The summed E-state index contributed by atoms with van der Waals surface area (Å²) >= 11 is 6.76. The van der Waals surface area contributed by atoms with E-state index in [1.54, 1.807) is 12.1 Å². The summed E-state index contributed by atoms with van der Waals surface area (Å²) in [6, 6.07) is 14.8. The smallest absolute Gasteiger partial charge is 0.229 e. The van der Waals surface area contributed by atoms with Crippen molar-refractivity contribution >= 4 is 48.6 Å². The highest BCUT2D eigenvalue weighted by atomic mass is 79.9. The molecule has 0 spiro atoms. The van der Waals surface area contributed by atoms with Crippen LogP contribution in [0.5, 0.6) is 0 Å². The van der Waals surface area contributed by atoms with Gasteiger partial charge in [0.1, 0.15) is 5.58 Å². The molecule has 0 amide bonds. The molecule has 1 heterocycles. The normalized spacial score (nSPS) is 10.8. The van der Waals surface area contributed by atoms with Crippen molar-refractivity contribution in [2.75, 3.05) is 0 Å². The van der Waals surface area contributed by atoms with E-state index in [4.69, 9.17) is 4.42 Å². The number of fused-ring (bicyclic) bond motifs is 1. The number of para-hydroxylation sites is 1. The Balaban J connectivity index is 2.08. The Morgan fingerprint density at radius 3 is 2.53 bits per heavy atom. The predicted octanol–water partition coefficient (Wildman–Crippen LogP) is 5.19. The summed E-state index contributed by atoms with van der Waals surface area (Å²) in [6.07, 6.45) is 0. The lowest BCUT2D eigenvalue weighted by Crippen LogP contribution is -2.00. The van der Waals surface area contributed by atoms with Crippen LogP contribution >= 0.6 is 31.9 Å². The first-order valence-corrected chi connectivity index (χ1v) is 7.22. The summed E-state index contributed by atoms with van der Waals surface area (Å²) in [7, 11) is 0. The van der Waals surface area contributed by atoms with Gasteiger partial charge in [-0.3, -0.25) is 4.79 Å². The average Bonchev–Trinajstić information content (AvgIpc) is 2.81. The van der Waals surface area contributed by atoms with Crippen molar-refractivity contribution in [3.63, 3.8) is 0 Å². The van der Waals surface area contributed by atoms with E-state index in [1.165, 1.54) is 0 Å². The Labute approximate surface area is 126 Å². The van der Waals surface area contributed by atoms with E-state index in [2.05, 4.69) is 31.9 Å². The fourth-order valence-electron chi connectivity index (χ4n) is 1.90. The number of halogens is 2. The quantitative estimate of drug-likeness (QED) is 0.573. The molecule has 3 rings (SSSR count). The molecule has 0 unspecified atom stereocenters. The van der Waals surface area contributed by atoms with Gasteiger partial charge in [-0.05, 0) is 46.3 Å². The Kier molecular flexibility index (Phi) is 3.29. The van der Waals surface area contributed by atoms with Crippen LogP contribution in [-0.2, 0) is 0 Å². The topological polar surface area (TPSA) is 30.2 Å². The van der Waals surface area contributed by atoms with E-state index in [0.717, 1.165) is 19.9 Å². The molecule has 0 aliphatic carbocycles. The summed E-state index contributed by atoms with van der Waals surface area (Å²) in [5.41, 5.74) is 1.31. The molecular formula is C15H8Br2O2. The second kappa shape index (κ2) is 4.94. The zero-order valence-corrected chi connectivity index (χ0v) is 12.9. The predicted molar refractivity (Wildman–Crippen MR) is 81.5 cm³/mol. The molecule has 0 saturated carbocycles. The minimum atomic E-state index is -0.129. The molecule has 1 aromatic heterocycles. The zero-order chi connectivity index (χ0) is 13.4. The van der Waals surface area contributed by atoms with Crippen LogP contribution < -0.4 is 0 Å². The molecule has 0 aliphatic rings. The highest BCUT2D eigenvalue weighted by Gasteiger charge is 2.17. The van der Waals surface area contributed by atoms with Crippen molar-refractivity contribution in [3.05, 3.63) is 68.8 Å². The second-order valence-electron chi connectivity index (χ2n) is 4.10. The molecule has 0 atom stereocenters. The maximum absolute atomic E-state index is 12.4. The van der Waals surface area contributed by atoms with Crippen LogP contribution in [0.15, 0.2) is 61.9 Å². The Bertz CT molecular complexity index is 742. The van der Waals surface area contributed by atoms with Crippen LogP contribution in [0.25, 0.3) is 11.0 Å². The number of ketones is 1. The third-order valence-electron chi connectivity index (χ3n) is 2.83. The Hall–Kier alpha value is -1.39.